The summed E-state index contributed by atoms with van der Waals surface area (Å²) >= 11 is 0. The van der Waals surface area contributed by atoms with Gasteiger partial charge in [0.05, 0.1) is 0 Å². The number of allylic oxidation sites excluding steroid dienone is 4. The van der Waals surface area contributed by atoms with Crippen LogP contribution in [0.1, 0.15) is 239 Å². The molecule has 0 aliphatic rings. The van der Waals surface area contributed by atoms with Gasteiger partial charge in [0.1, 0.15) is 13.2 Å². The number of rotatable bonds is 41. The molecule has 0 aromatic heterocycles. The maximum absolute atomic E-state index is 12.7. The SMILES string of the molecule is CCCCCCCC/C=C\C/C=C\CCC(=O)OCC(COC(=O)CCCCCCCCCCCC)OC(=O)CCCCCCCCCCCCCC. The molecule has 0 rings (SSSR count). The fourth-order valence-corrected chi connectivity index (χ4v) is 6.49. The first-order chi connectivity index (χ1) is 26.0. The van der Waals surface area contributed by atoms with Crippen molar-refractivity contribution in [3.05, 3.63) is 24.3 Å². The maximum atomic E-state index is 12.7. The fraction of sp³-hybridized carbons (Fsp3) is 0.851. The van der Waals surface area contributed by atoms with Crippen molar-refractivity contribution < 1.29 is 28.6 Å². The van der Waals surface area contributed by atoms with Gasteiger partial charge in [-0.05, 0) is 38.5 Å². The van der Waals surface area contributed by atoms with E-state index in [1.54, 1.807) is 0 Å². The molecule has 0 aromatic carbocycles. The highest BCUT2D eigenvalue weighted by Gasteiger charge is 2.19. The van der Waals surface area contributed by atoms with Gasteiger partial charge in [-0.25, -0.2) is 0 Å². The Morgan fingerprint density at radius 1 is 0.377 bits per heavy atom. The predicted octanol–water partition coefficient (Wildman–Crippen LogP) is 14.4. The van der Waals surface area contributed by atoms with E-state index in [1.165, 1.54) is 141 Å². The Hall–Kier alpha value is -2.11. The number of carbonyl (C=O) groups excluding carboxylic acids is 3. The van der Waals surface area contributed by atoms with Crippen LogP contribution >= 0.6 is 0 Å². The van der Waals surface area contributed by atoms with Crippen molar-refractivity contribution in [1.29, 1.82) is 0 Å². The van der Waals surface area contributed by atoms with E-state index in [4.69, 9.17) is 14.2 Å². The summed E-state index contributed by atoms with van der Waals surface area (Å²) in [6.07, 6.45) is 46.0. The summed E-state index contributed by atoms with van der Waals surface area (Å²) in [5.41, 5.74) is 0. The highest BCUT2D eigenvalue weighted by Crippen LogP contribution is 2.15. The van der Waals surface area contributed by atoms with Crippen molar-refractivity contribution in [3.8, 4) is 0 Å². The van der Waals surface area contributed by atoms with Gasteiger partial charge >= 0.3 is 17.9 Å². The van der Waals surface area contributed by atoms with Crippen LogP contribution in [-0.2, 0) is 28.6 Å². The van der Waals surface area contributed by atoms with E-state index in [0.717, 1.165) is 51.4 Å². The van der Waals surface area contributed by atoms with Crippen LogP contribution in [0.2, 0.25) is 0 Å². The zero-order chi connectivity index (χ0) is 38.7. The number of hydrogen-bond donors (Lipinski definition) is 0. The zero-order valence-corrected chi connectivity index (χ0v) is 35.3. The van der Waals surface area contributed by atoms with E-state index >= 15 is 0 Å². The molecule has 0 aromatic rings. The van der Waals surface area contributed by atoms with Gasteiger partial charge in [0, 0.05) is 19.3 Å². The second kappa shape index (κ2) is 42.6. The summed E-state index contributed by atoms with van der Waals surface area (Å²) in [4.78, 5) is 37.6. The molecule has 0 saturated carbocycles. The number of unbranched alkanes of at least 4 members (excludes halogenated alkanes) is 26. The number of ether oxygens (including phenoxy) is 3. The third-order valence-corrected chi connectivity index (χ3v) is 9.97. The van der Waals surface area contributed by atoms with Crippen molar-refractivity contribution in [2.75, 3.05) is 13.2 Å². The molecule has 0 spiro atoms. The number of carbonyl (C=O) groups is 3. The van der Waals surface area contributed by atoms with Gasteiger partial charge < -0.3 is 14.2 Å². The minimum Gasteiger partial charge on any atom is -0.462 e. The molecule has 0 radical (unpaired) electrons. The molecule has 0 amide bonds. The van der Waals surface area contributed by atoms with E-state index in [2.05, 4.69) is 39.0 Å². The second-order valence-corrected chi connectivity index (χ2v) is 15.3. The predicted molar refractivity (Wildman–Crippen MR) is 224 cm³/mol. The topological polar surface area (TPSA) is 78.9 Å². The molecule has 0 saturated heterocycles. The van der Waals surface area contributed by atoms with Crippen molar-refractivity contribution in [1.82, 2.24) is 0 Å². The van der Waals surface area contributed by atoms with E-state index in [-0.39, 0.29) is 37.5 Å². The van der Waals surface area contributed by atoms with Crippen LogP contribution in [0.25, 0.3) is 0 Å². The molecule has 0 aliphatic carbocycles. The minimum atomic E-state index is -0.784. The van der Waals surface area contributed by atoms with Crippen LogP contribution in [0.15, 0.2) is 24.3 Å². The molecule has 0 fully saturated rings. The summed E-state index contributed by atoms with van der Waals surface area (Å²) in [6.45, 7) is 6.56. The van der Waals surface area contributed by atoms with Gasteiger partial charge in [-0.15, -0.1) is 0 Å². The molecule has 310 valence electrons. The van der Waals surface area contributed by atoms with Crippen molar-refractivity contribution in [2.24, 2.45) is 0 Å². The van der Waals surface area contributed by atoms with Gasteiger partial charge in [0.2, 0.25) is 0 Å². The summed E-state index contributed by atoms with van der Waals surface area (Å²) in [7, 11) is 0. The summed E-state index contributed by atoms with van der Waals surface area (Å²) in [5, 5.41) is 0. The summed E-state index contributed by atoms with van der Waals surface area (Å²) in [5.74, 6) is -0.952. The van der Waals surface area contributed by atoms with Gasteiger partial charge in [0.25, 0.3) is 0 Å². The highest BCUT2D eigenvalue weighted by atomic mass is 16.6. The summed E-state index contributed by atoms with van der Waals surface area (Å²) < 4.78 is 16.6. The van der Waals surface area contributed by atoms with E-state index in [0.29, 0.717) is 19.3 Å². The Labute approximate surface area is 328 Å². The molecule has 0 aliphatic heterocycles. The quantitative estimate of drug-likeness (QED) is 0.0268. The molecule has 6 heteroatoms. The normalized spacial score (nSPS) is 12.1. The number of hydrogen-bond acceptors (Lipinski definition) is 6. The largest absolute Gasteiger partial charge is 0.462 e. The Morgan fingerprint density at radius 3 is 1.15 bits per heavy atom. The lowest BCUT2D eigenvalue weighted by Crippen LogP contribution is -2.30. The molecule has 0 N–H and O–H groups in total. The number of esters is 3. The van der Waals surface area contributed by atoms with Crippen LogP contribution in [-0.4, -0.2) is 37.2 Å². The average Bonchev–Trinajstić information content (AvgIpc) is 3.15. The standard InChI is InChI=1S/C47H86O6/c1-4-7-10-13-16-19-22-24-26-28-31-34-37-40-46(49)52-43-44(42-51-45(48)39-36-33-30-27-21-18-15-12-9-6-3)53-47(50)41-38-35-32-29-25-23-20-17-14-11-8-5-2/h24,26,31,34,44H,4-23,25,27-30,32-33,35-43H2,1-3H3/b26-24-,34-31-. The van der Waals surface area contributed by atoms with Crippen molar-refractivity contribution >= 4 is 17.9 Å². The molecule has 53 heavy (non-hydrogen) atoms. The van der Waals surface area contributed by atoms with Gasteiger partial charge in [-0.2, -0.15) is 0 Å². The third-order valence-electron chi connectivity index (χ3n) is 9.97. The van der Waals surface area contributed by atoms with E-state index in [9.17, 15) is 14.4 Å². The monoisotopic (exact) mass is 747 g/mol. The third kappa shape index (κ3) is 40.9. The molecular formula is C47H86O6. The van der Waals surface area contributed by atoms with Crippen LogP contribution in [0.3, 0.4) is 0 Å². The Kier molecular flexibility index (Phi) is 40.9. The first-order valence-electron chi connectivity index (χ1n) is 22.8. The average molecular weight is 747 g/mol. The van der Waals surface area contributed by atoms with Crippen molar-refractivity contribution in [3.63, 3.8) is 0 Å². The van der Waals surface area contributed by atoms with Crippen LogP contribution < -0.4 is 0 Å². The van der Waals surface area contributed by atoms with E-state index < -0.39 is 6.10 Å². The fourth-order valence-electron chi connectivity index (χ4n) is 6.49. The van der Waals surface area contributed by atoms with Gasteiger partial charge in [-0.3, -0.25) is 14.4 Å². The minimum absolute atomic E-state index is 0.0843. The molecule has 0 bridgehead atoms. The van der Waals surface area contributed by atoms with Crippen LogP contribution in [0.4, 0.5) is 0 Å². The van der Waals surface area contributed by atoms with Crippen LogP contribution in [0.5, 0.6) is 0 Å². The Morgan fingerprint density at radius 2 is 0.717 bits per heavy atom. The van der Waals surface area contributed by atoms with Crippen LogP contribution in [0, 0.1) is 0 Å². The smallest absolute Gasteiger partial charge is 0.306 e. The lowest BCUT2D eigenvalue weighted by atomic mass is 10.0. The molecule has 1 atom stereocenters. The lowest BCUT2D eigenvalue weighted by Gasteiger charge is -2.18. The van der Waals surface area contributed by atoms with Gasteiger partial charge in [-0.1, -0.05) is 206 Å². The zero-order valence-electron chi connectivity index (χ0n) is 35.3. The second-order valence-electron chi connectivity index (χ2n) is 15.3. The molecular weight excluding hydrogens is 661 g/mol. The Balaban J connectivity index is 4.42. The highest BCUT2D eigenvalue weighted by molar-refractivity contribution is 5.71. The van der Waals surface area contributed by atoms with Gasteiger partial charge in [0.15, 0.2) is 6.10 Å². The molecule has 1 unspecified atom stereocenters. The lowest BCUT2D eigenvalue weighted by molar-refractivity contribution is -0.166. The summed E-state index contributed by atoms with van der Waals surface area (Å²) in [6, 6.07) is 0. The van der Waals surface area contributed by atoms with Crippen molar-refractivity contribution in [2.45, 2.75) is 245 Å². The first kappa shape index (κ1) is 50.9. The molecule has 0 heterocycles. The molecule has 6 nitrogen and oxygen atoms in total. The Bertz CT molecular complexity index is 865. The van der Waals surface area contributed by atoms with E-state index in [1.807, 2.05) is 6.08 Å². The first-order valence-corrected chi connectivity index (χ1v) is 22.8. The maximum Gasteiger partial charge on any atom is 0.306 e.